The van der Waals surface area contributed by atoms with E-state index >= 15 is 0 Å². The Balaban J connectivity index is 1.86. The Hall–Kier alpha value is -2.04. The zero-order chi connectivity index (χ0) is 19.8. The molecule has 0 aliphatic heterocycles. The highest BCUT2D eigenvalue weighted by molar-refractivity contribution is 9.11. The number of amides is 1. The Morgan fingerprint density at radius 2 is 1.89 bits per heavy atom. The number of hydrogen-bond donors (Lipinski definition) is 2. The molecular weight excluding hydrogens is 499 g/mol. The van der Waals surface area contributed by atoms with Crippen molar-refractivity contribution in [2.45, 2.75) is 13.0 Å². The van der Waals surface area contributed by atoms with Gasteiger partial charge in [0, 0.05) is 25.6 Å². The fourth-order valence-corrected chi connectivity index (χ4v) is 3.96. The molecule has 10 heteroatoms. The summed E-state index contributed by atoms with van der Waals surface area (Å²) in [5.74, 6) is -0.917. The van der Waals surface area contributed by atoms with Crippen LogP contribution in [-0.4, -0.2) is 17.4 Å². The Kier molecular flexibility index (Phi) is 5.50. The first-order valence-electron chi connectivity index (χ1n) is 7.35. The fourth-order valence-electron chi connectivity index (χ4n) is 2.41. The number of anilines is 1. The molecule has 2 aromatic carbocycles. The maximum Gasteiger partial charge on any atom is 0.573 e. The summed E-state index contributed by atoms with van der Waals surface area (Å²) in [5.41, 5.74) is 1.45. The number of carbonyl (C=O) groups is 1. The van der Waals surface area contributed by atoms with E-state index in [0.717, 1.165) is 12.1 Å². The number of halogens is 5. The normalized spacial score (nSPS) is 11.6. The summed E-state index contributed by atoms with van der Waals surface area (Å²) >= 11 is 6.67. The number of aliphatic hydroxyl groups excluding tert-OH is 1. The van der Waals surface area contributed by atoms with Crippen molar-refractivity contribution in [3.05, 3.63) is 56.7 Å². The van der Waals surface area contributed by atoms with Gasteiger partial charge in [0.15, 0.2) is 0 Å². The molecule has 142 valence electrons. The number of alkyl halides is 3. The predicted octanol–water partition coefficient (Wildman–Crippen LogP) is 5.60. The molecule has 0 aliphatic carbocycles. The van der Waals surface area contributed by atoms with Crippen molar-refractivity contribution in [3.63, 3.8) is 0 Å². The van der Waals surface area contributed by atoms with Gasteiger partial charge in [-0.25, -0.2) is 0 Å². The third-order valence-corrected chi connectivity index (χ3v) is 5.18. The van der Waals surface area contributed by atoms with Crippen LogP contribution in [0.2, 0.25) is 0 Å². The molecule has 0 radical (unpaired) electrons. The number of hydrogen-bond acceptors (Lipinski definition) is 4. The van der Waals surface area contributed by atoms with E-state index in [1.54, 1.807) is 6.07 Å². The number of carbonyl (C=O) groups excluding carboxylic acids is 1. The minimum absolute atomic E-state index is 0.203. The van der Waals surface area contributed by atoms with Crippen molar-refractivity contribution < 1.29 is 32.2 Å². The Morgan fingerprint density at radius 1 is 1.22 bits per heavy atom. The second-order valence-electron chi connectivity index (χ2n) is 5.36. The molecule has 0 spiro atoms. The highest BCUT2D eigenvalue weighted by atomic mass is 79.9. The summed E-state index contributed by atoms with van der Waals surface area (Å²) in [4.78, 5) is 12.6. The van der Waals surface area contributed by atoms with Crippen molar-refractivity contribution >= 4 is 54.4 Å². The van der Waals surface area contributed by atoms with Crippen LogP contribution in [0.4, 0.5) is 18.9 Å². The van der Waals surface area contributed by atoms with E-state index in [4.69, 9.17) is 4.42 Å². The summed E-state index contributed by atoms with van der Waals surface area (Å²) in [6.45, 7) is -0.260. The summed E-state index contributed by atoms with van der Waals surface area (Å²) in [6, 6.07) is 6.38. The average Bonchev–Trinajstić information content (AvgIpc) is 2.99. The molecule has 27 heavy (non-hydrogen) atoms. The standard InChI is InChI=1S/C17H10Br2F3NO4/c18-12-5-13-14(15(19)10(12)6-24)11(7-26-13)16(25)23-8-1-3-9(4-2-8)27-17(20,21)22/h1-5,7,24H,6H2,(H,23,25). The maximum absolute atomic E-state index is 12.6. The van der Waals surface area contributed by atoms with Crippen LogP contribution >= 0.6 is 31.9 Å². The van der Waals surface area contributed by atoms with E-state index in [2.05, 4.69) is 41.9 Å². The quantitative estimate of drug-likeness (QED) is 0.481. The van der Waals surface area contributed by atoms with Gasteiger partial charge in [0.1, 0.15) is 17.6 Å². The third kappa shape index (κ3) is 4.28. The van der Waals surface area contributed by atoms with E-state index in [1.165, 1.54) is 18.4 Å². The molecule has 1 heterocycles. The first kappa shape index (κ1) is 19.7. The van der Waals surface area contributed by atoms with Crippen LogP contribution in [0.5, 0.6) is 5.75 Å². The summed E-state index contributed by atoms with van der Waals surface area (Å²) in [6.07, 6.45) is -3.52. The van der Waals surface area contributed by atoms with Crippen LogP contribution in [0.15, 0.2) is 50.0 Å². The van der Waals surface area contributed by atoms with Crippen molar-refractivity contribution in [3.8, 4) is 5.75 Å². The highest BCUT2D eigenvalue weighted by Crippen LogP contribution is 2.37. The molecule has 0 bridgehead atoms. The number of furan rings is 1. The number of fused-ring (bicyclic) bond motifs is 1. The molecule has 0 unspecified atom stereocenters. The van der Waals surface area contributed by atoms with Gasteiger partial charge in [0.25, 0.3) is 5.91 Å². The first-order valence-corrected chi connectivity index (χ1v) is 8.94. The van der Waals surface area contributed by atoms with E-state index < -0.39 is 18.0 Å². The number of aliphatic hydroxyl groups is 1. The molecular formula is C17H10Br2F3NO4. The van der Waals surface area contributed by atoms with E-state index in [9.17, 15) is 23.1 Å². The van der Waals surface area contributed by atoms with Crippen molar-refractivity contribution in [2.24, 2.45) is 0 Å². The van der Waals surface area contributed by atoms with E-state index in [0.29, 0.717) is 25.5 Å². The lowest BCUT2D eigenvalue weighted by atomic mass is 10.1. The Bertz CT molecular complexity index is 1000. The number of nitrogens with one attached hydrogen (secondary N) is 1. The van der Waals surface area contributed by atoms with Crippen LogP contribution in [0, 0.1) is 0 Å². The van der Waals surface area contributed by atoms with Gasteiger partial charge in [-0.1, -0.05) is 15.9 Å². The molecule has 2 N–H and O–H groups in total. The van der Waals surface area contributed by atoms with Crippen LogP contribution in [0.25, 0.3) is 11.0 Å². The van der Waals surface area contributed by atoms with Gasteiger partial charge >= 0.3 is 6.36 Å². The Morgan fingerprint density at radius 3 is 2.48 bits per heavy atom. The van der Waals surface area contributed by atoms with Gasteiger partial charge in [-0.2, -0.15) is 0 Å². The molecule has 0 aliphatic rings. The van der Waals surface area contributed by atoms with Gasteiger partial charge in [-0.05, 0) is 46.3 Å². The molecule has 5 nitrogen and oxygen atoms in total. The molecule has 3 rings (SSSR count). The van der Waals surface area contributed by atoms with Crippen LogP contribution in [-0.2, 0) is 6.61 Å². The topological polar surface area (TPSA) is 71.7 Å². The summed E-state index contributed by atoms with van der Waals surface area (Å²) in [5, 5.41) is 12.5. The summed E-state index contributed by atoms with van der Waals surface area (Å²) in [7, 11) is 0. The largest absolute Gasteiger partial charge is 0.573 e. The van der Waals surface area contributed by atoms with Crippen molar-refractivity contribution in [2.75, 3.05) is 5.32 Å². The van der Waals surface area contributed by atoms with Gasteiger partial charge < -0.3 is 19.6 Å². The van der Waals surface area contributed by atoms with E-state index in [1.807, 2.05) is 0 Å². The zero-order valence-corrected chi connectivity index (χ0v) is 16.4. The average molecular weight is 509 g/mol. The number of rotatable bonds is 4. The monoisotopic (exact) mass is 507 g/mol. The lowest BCUT2D eigenvalue weighted by molar-refractivity contribution is -0.274. The Labute approximate surface area is 167 Å². The van der Waals surface area contributed by atoms with Crippen LogP contribution < -0.4 is 10.1 Å². The lowest BCUT2D eigenvalue weighted by Gasteiger charge is -2.10. The maximum atomic E-state index is 12.6. The minimum Gasteiger partial charge on any atom is -0.463 e. The van der Waals surface area contributed by atoms with Crippen molar-refractivity contribution in [1.82, 2.24) is 0 Å². The minimum atomic E-state index is -4.79. The smallest absolute Gasteiger partial charge is 0.463 e. The molecule has 1 aromatic heterocycles. The van der Waals surface area contributed by atoms with Crippen LogP contribution in [0.3, 0.4) is 0 Å². The zero-order valence-electron chi connectivity index (χ0n) is 13.2. The van der Waals surface area contributed by atoms with Gasteiger partial charge in [-0.3, -0.25) is 4.79 Å². The SMILES string of the molecule is O=C(Nc1ccc(OC(F)(F)F)cc1)c1coc2cc(Br)c(CO)c(Br)c12. The van der Waals surface area contributed by atoms with Crippen molar-refractivity contribution in [1.29, 1.82) is 0 Å². The summed E-state index contributed by atoms with van der Waals surface area (Å²) < 4.78 is 46.9. The van der Waals surface area contributed by atoms with Gasteiger partial charge in [0.2, 0.25) is 0 Å². The van der Waals surface area contributed by atoms with E-state index in [-0.39, 0.29) is 17.9 Å². The fraction of sp³-hybridized carbons (Fsp3) is 0.118. The lowest BCUT2D eigenvalue weighted by Crippen LogP contribution is -2.17. The third-order valence-electron chi connectivity index (χ3n) is 3.60. The molecule has 3 aromatic rings. The van der Waals surface area contributed by atoms with Gasteiger partial charge in [-0.15, -0.1) is 13.2 Å². The first-order chi connectivity index (χ1) is 12.7. The second kappa shape index (κ2) is 7.53. The molecule has 0 saturated carbocycles. The van der Waals surface area contributed by atoms with Crippen LogP contribution in [0.1, 0.15) is 15.9 Å². The number of benzene rings is 2. The second-order valence-corrected chi connectivity index (χ2v) is 7.01. The molecule has 0 saturated heterocycles. The number of ether oxygens (including phenoxy) is 1. The molecule has 0 atom stereocenters. The molecule has 0 fully saturated rings. The predicted molar refractivity (Wildman–Crippen MR) is 98.6 cm³/mol. The molecule has 1 amide bonds. The van der Waals surface area contributed by atoms with Gasteiger partial charge in [0.05, 0.1) is 12.2 Å². The highest BCUT2D eigenvalue weighted by Gasteiger charge is 2.31.